The molecule has 1 N–H and O–H groups in total. The fraction of sp³-hybridized carbons (Fsp3) is 0.421. The van der Waals surface area contributed by atoms with Crippen LogP contribution in [-0.4, -0.2) is 36.5 Å². The van der Waals surface area contributed by atoms with Gasteiger partial charge in [-0.05, 0) is 62.2 Å². The number of rotatable bonds is 4. The summed E-state index contributed by atoms with van der Waals surface area (Å²) < 4.78 is 38.6. The minimum absolute atomic E-state index is 0.0826. The Hall–Kier alpha value is -1.51. The van der Waals surface area contributed by atoms with Crippen molar-refractivity contribution in [3.8, 4) is 0 Å². The van der Waals surface area contributed by atoms with Crippen molar-refractivity contribution in [3.05, 3.63) is 46.8 Å². The molecule has 1 atom stereocenters. The highest BCUT2D eigenvalue weighted by atomic mass is 32.2. The average molecular weight is 413 g/mol. The first-order valence-electron chi connectivity index (χ1n) is 8.85. The van der Waals surface area contributed by atoms with Crippen LogP contribution in [0.15, 0.2) is 44.8 Å². The standard InChI is InChI=1S/C19H19F3N2OS2/c20-19(21,22)14-9-17(26-11-14)27-15-3-1-13(2-4-15)18(25)23-16-10-24-7-5-12(16)6-8-24/h1-4,9,11-12,16H,5-8,10H2,(H,23,25)/t16-/m0/s1. The van der Waals surface area contributed by atoms with Gasteiger partial charge in [-0.15, -0.1) is 11.3 Å². The number of amides is 1. The van der Waals surface area contributed by atoms with E-state index >= 15 is 0 Å². The summed E-state index contributed by atoms with van der Waals surface area (Å²) in [6.45, 7) is 3.17. The second-order valence-electron chi connectivity index (χ2n) is 7.00. The molecule has 3 saturated heterocycles. The summed E-state index contributed by atoms with van der Waals surface area (Å²) in [5.41, 5.74) is -0.0403. The van der Waals surface area contributed by atoms with Gasteiger partial charge in [0.1, 0.15) is 0 Å². The summed E-state index contributed by atoms with van der Waals surface area (Å²) in [4.78, 5) is 15.7. The van der Waals surface area contributed by atoms with Gasteiger partial charge in [0.15, 0.2) is 0 Å². The molecule has 0 aliphatic carbocycles. The summed E-state index contributed by atoms with van der Waals surface area (Å²) in [6, 6.07) is 8.39. The van der Waals surface area contributed by atoms with Gasteiger partial charge in [-0.2, -0.15) is 13.2 Å². The molecule has 0 saturated carbocycles. The molecule has 0 unspecified atom stereocenters. The highest BCUT2D eigenvalue weighted by molar-refractivity contribution is 8.01. The zero-order chi connectivity index (χ0) is 19.0. The second kappa shape index (κ2) is 7.48. The van der Waals surface area contributed by atoms with Crippen LogP contribution >= 0.6 is 23.1 Å². The molecule has 3 aliphatic rings. The third-order valence-electron chi connectivity index (χ3n) is 5.21. The van der Waals surface area contributed by atoms with Crippen molar-refractivity contribution in [1.29, 1.82) is 0 Å². The Morgan fingerprint density at radius 2 is 1.89 bits per heavy atom. The van der Waals surface area contributed by atoms with Gasteiger partial charge in [0, 0.05) is 28.4 Å². The van der Waals surface area contributed by atoms with Crippen LogP contribution in [0.2, 0.25) is 0 Å². The van der Waals surface area contributed by atoms with Crippen molar-refractivity contribution in [2.24, 2.45) is 5.92 Å². The second-order valence-corrected chi connectivity index (χ2v) is 9.28. The van der Waals surface area contributed by atoms with Crippen molar-refractivity contribution in [3.63, 3.8) is 0 Å². The van der Waals surface area contributed by atoms with Crippen LogP contribution in [0.4, 0.5) is 13.2 Å². The number of fused-ring (bicyclic) bond motifs is 3. The van der Waals surface area contributed by atoms with Crippen LogP contribution in [0, 0.1) is 5.92 Å². The Bertz CT molecular complexity index is 811. The molecular formula is C19H19F3N2OS2. The topological polar surface area (TPSA) is 32.3 Å². The molecule has 1 aromatic carbocycles. The fourth-order valence-corrected chi connectivity index (χ4v) is 5.65. The van der Waals surface area contributed by atoms with Crippen LogP contribution < -0.4 is 5.32 Å². The van der Waals surface area contributed by atoms with Crippen LogP contribution in [0.3, 0.4) is 0 Å². The number of piperidine rings is 3. The van der Waals surface area contributed by atoms with Crippen LogP contribution in [-0.2, 0) is 6.18 Å². The Morgan fingerprint density at radius 1 is 1.19 bits per heavy atom. The molecule has 3 nitrogen and oxygen atoms in total. The maximum absolute atomic E-state index is 12.7. The summed E-state index contributed by atoms with van der Waals surface area (Å²) in [6.07, 6.45) is -2.03. The first kappa shape index (κ1) is 18.8. The van der Waals surface area contributed by atoms with E-state index in [2.05, 4.69) is 10.2 Å². The minimum atomic E-state index is -4.31. The maximum Gasteiger partial charge on any atom is 0.417 e. The number of nitrogens with zero attached hydrogens (tertiary/aromatic N) is 1. The molecule has 144 valence electrons. The minimum Gasteiger partial charge on any atom is -0.348 e. The SMILES string of the molecule is O=C(N[C@H]1CN2CCC1CC2)c1ccc(Sc2cc(C(F)(F)F)cs2)cc1. The number of benzene rings is 1. The van der Waals surface area contributed by atoms with E-state index in [1.807, 2.05) is 0 Å². The van der Waals surface area contributed by atoms with E-state index in [0.717, 1.165) is 60.2 Å². The molecule has 0 radical (unpaired) electrons. The fourth-order valence-electron chi connectivity index (χ4n) is 3.69. The van der Waals surface area contributed by atoms with E-state index in [-0.39, 0.29) is 11.9 Å². The Morgan fingerprint density at radius 3 is 2.44 bits per heavy atom. The van der Waals surface area contributed by atoms with Crippen LogP contribution in [0.25, 0.3) is 0 Å². The molecule has 27 heavy (non-hydrogen) atoms. The summed E-state index contributed by atoms with van der Waals surface area (Å²) in [5, 5.41) is 4.27. The largest absolute Gasteiger partial charge is 0.417 e. The van der Waals surface area contributed by atoms with E-state index in [1.165, 1.54) is 11.8 Å². The lowest BCUT2D eigenvalue weighted by Crippen LogP contribution is -2.57. The number of hydrogen-bond acceptors (Lipinski definition) is 4. The van der Waals surface area contributed by atoms with E-state index < -0.39 is 11.7 Å². The predicted octanol–water partition coefficient (Wildman–Crippen LogP) is 4.74. The number of halogens is 3. The molecule has 3 aliphatic heterocycles. The molecule has 3 fully saturated rings. The Kier molecular flexibility index (Phi) is 5.22. The number of alkyl halides is 3. The summed E-state index contributed by atoms with van der Waals surface area (Å²) >= 11 is 2.34. The summed E-state index contributed by atoms with van der Waals surface area (Å²) in [5.74, 6) is 0.483. The van der Waals surface area contributed by atoms with Crippen molar-refractivity contribution in [2.75, 3.05) is 19.6 Å². The van der Waals surface area contributed by atoms with Gasteiger partial charge in [-0.25, -0.2) is 0 Å². The number of thiophene rings is 1. The van der Waals surface area contributed by atoms with Gasteiger partial charge in [0.05, 0.1) is 9.77 Å². The van der Waals surface area contributed by atoms with E-state index in [9.17, 15) is 18.0 Å². The Balaban J connectivity index is 1.37. The van der Waals surface area contributed by atoms with Gasteiger partial charge >= 0.3 is 6.18 Å². The lowest BCUT2D eigenvalue weighted by atomic mass is 9.84. The molecule has 8 heteroatoms. The third kappa shape index (κ3) is 4.33. The maximum atomic E-state index is 12.7. The first-order chi connectivity index (χ1) is 12.9. The van der Waals surface area contributed by atoms with Gasteiger partial charge in [0.25, 0.3) is 5.91 Å². The zero-order valence-corrected chi connectivity index (χ0v) is 16.1. The normalized spacial score (nSPS) is 24.8. The number of carbonyl (C=O) groups excluding carboxylic acids is 1. The predicted molar refractivity (Wildman–Crippen MR) is 100 cm³/mol. The zero-order valence-electron chi connectivity index (χ0n) is 14.5. The molecule has 1 aromatic heterocycles. The number of nitrogens with one attached hydrogen (secondary N) is 1. The molecule has 5 rings (SSSR count). The summed E-state index contributed by atoms with van der Waals surface area (Å²) in [7, 11) is 0. The molecule has 4 heterocycles. The molecule has 0 spiro atoms. The van der Waals surface area contributed by atoms with Gasteiger partial charge in [-0.3, -0.25) is 4.79 Å². The average Bonchev–Trinajstić information content (AvgIpc) is 3.12. The first-order valence-corrected chi connectivity index (χ1v) is 10.5. The van der Waals surface area contributed by atoms with Crippen LogP contribution in [0.1, 0.15) is 28.8 Å². The van der Waals surface area contributed by atoms with E-state index in [1.54, 1.807) is 24.3 Å². The molecule has 1 amide bonds. The monoisotopic (exact) mass is 412 g/mol. The van der Waals surface area contributed by atoms with Crippen molar-refractivity contribution < 1.29 is 18.0 Å². The highest BCUT2D eigenvalue weighted by Gasteiger charge is 2.35. The number of hydrogen-bond donors (Lipinski definition) is 1. The lowest BCUT2D eigenvalue weighted by Gasteiger charge is -2.44. The van der Waals surface area contributed by atoms with Crippen LogP contribution in [0.5, 0.6) is 0 Å². The smallest absolute Gasteiger partial charge is 0.348 e. The highest BCUT2D eigenvalue weighted by Crippen LogP contribution is 2.38. The van der Waals surface area contributed by atoms with Crippen molar-refractivity contribution in [1.82, 2.24) is 10.2 Å². The van der Waals surface area contributed by atoms with Gasteiger partial charge < -0.3 is 10.2 Å². The molecule has 2 aromatic rings. The Labute approximate surface area is 163 Å². The number of carbonyl (C=O) groups is 1. The van der Waals surface area contributed by atoms with E-state index in [0.29, 0.717) is 15.7 Å². The molecular weight excluding hydrogens is 393 g/mol. The molecule has 2 bridgehead atoms. The third-order valence-corrected chi connectivity index (χ3v) is 7.30. The van der Waals surface area contributed by atoms with Gasteiger partial charge in [0.2, 0.25) is 0 Å². The lowest BCUT2D eigenvalue weighted by molar-refractivity contribution is -0.137. The van der Waals surface area contributed by atoms with Crippen molar-refractivity contribution in [2.45, 2.75) is 34.2 Å². The van der Waals surface area contributed by atoms with Gasteiger partial charge in [-0.1, -0.05) is 11.8 Å². The quantitative estimate of drug-likeness (QED) is 0.787. The van der Waals surface area contributed by atoms with Crippen molar-refractivity contribution >= 4 is 29.0 Å². The van der Waals surface area contributed by atoms with E-state index in [4.69, 9.17) is 0 Å².